The Hall–Kier alpha value is -3.19. The van der Waals surface area contributed by atoms with Gasteiger partial charge in [-0.15, -0.1) is 6.58 Å². The first kappa shape index (κ1) is 17.9. The number of nitrogens with one attached hydrogen (secondary N) is 1. The van der Waals surface area contributed by atoms with Gasteiger partial charge in [-0.05, 0) is 55.5 Å². The van der Waals surface area contributed by atoms with Gasteiger partial charge in [0, 0.05) is 6.07 Å². The zero-order chi connectivity index (χ0) is 20.2. The van der Waals surface area contributed by atoms with Gasteiger partial charge in [0.05, 0.1) is 24.1 Å². The van der Waals surface area contributed by atoms with Crippen LogP contribution in [0.5, 0.6) is 11.6 Å². The lowest BCUT2D eigenvalue weighted by molar-refractivity contribution is -0.120. The number of hydrogen-bond acceptors (Lipinski definition) is 5. The average molecular weight is 391 g/mol. The van der Waals surface area contributed by atoms with Gasteiger partial charge >= 0.3 is 6.03 Å². The van der Waals surface area contributed by atoms with Crippen LogP contribution in [0.15, 0.2) is 49.2 Å². The highest BCUT2D eigenvalue weighted by molar-refractivity contribution is 6.23. The van der Waals surface area contributed by atoms with Gasteiger partial charge < -0.3 is 14.8 Å². The molecule has 1 aliphatic carbocycles. The number of carbonyl (C=O) groups is 2. The summed E-state index contributed by atoms with van der Waals surface area (Å²) in [5.41, 5.74) is 1.55. The van der Waals surface area contributed by atoms with E-state index in [0.717, 1.165) is 17.7 Å². The number of aromatic nitrogens is 1. The van der Waals surface area contributed by atoms with Crippen molar-refractivity contribution < 1.29 is 19.1 Å². The molecule has 1 aromatic heterocycles. The second kappa shape index (κ2) is 6.15. The van der Waals surface area contributed by atoms with Crippen LogP contribution in [0.1, 0.15) is 37.3 Å². The van der Waals surface area contributed by atoms with Crippen LogP contribution in [0.4, 0.5) is 10.5 Å². The van der Waals surface area contributed by atoms with Crippen LogP contribution in [0.2, 0.25) is 0 Å². The van der Waals surface area contributed by atoms with Crippen LogP contribution in [-0.2, 0) is 21.7 Å². The fourth-order valence-electron chi connectivity index (χ4n) is 4.09. The minimum atomic E-state index is -1.11. The van der Waals surface area contributed by atoms with Crippen LogP contribution in [0.3, 0.4) is 0 Å². The van der Waals surface area contributed by atoms with Crippen molar-refractivity contribution in [3.63, 3.8) is 0 Å². The number of rotatable bonds is 4. The number of urea groups is 1. The molecule has 5 rings (SSSR count). The minimum absolute atomic E-state index is 0.132. The largest absolute Gasteiger partial charge is 0.439 e. The number of pyridine rings is 1. The molecule has 0 radical (unpaired) electrons. The molecular weight excluding hydrogens is 370 g/mol. The Bertz CT molecular complexity index is 1030. The third-order valence-corrected chi connectivity index (χ3v) is 6.06. The Morgan fingerprint density at radius 2 is 2.10 bits per heavy atom. The first-order chi connectivity index (χ1) is 13.9. The SMILES string of the molecule is C=CC1(C)NC(=O)N(c2ccc(Oc3ccc4c(c3)C3(CCC3)OC4)nc2)C1=O. The molecule has 3 heterocycles. The van der Waals surface area contributed by atoms with Crippen molar-refractivity contribution in [3.8, 4) is 11.6 Å². The van der Waals surface area contributed by atoms with E-state index in [0.29, 0.717) is 23.9 Å². The van der Waals surface area contributed by atoms with E-state index in [2.05, 4.69) is 16.9 Å². The quantitative estimate of drug-likeness (QED) is 0.634. The maximum Gasteiger partial charge on any atom is 0.329 e. The molecule has 1 N–H and O–H groups in total. The van der Waals surface area contributed by atoms with E-state index in [1.165, 1.54) is 29.8 Å². The summed E-state index contributed by atoms with van der Waals surface area (Å²) in [7, 11) is 0. The summed E-state index contributed by atoms with van der Waals surface area (Å²) >= 11 is 0. The molecular formula is C22H21N3O4. The smallest absolute Gasteiger partial charge is 0.329 e. The maximum atomic E-state index is 12.5. The lowest BCUT2D eigenvalue weighted by Gasteiger charge is -2.38. The number of fused-ring (bicyclic) bond motifs is 2. The predicted molar refractivity (Wildman–Crippen MR) is 106 cm³/mol. The predicted octanol–water partition coefficient (Wildman–Crippen LogP) is 3.78. The maximum absolute atomic E-state index is 12.5. The summed E-state index contributed by atoms with van der Waals surface area (Å²) in [6, 6.07) is 8.75. The monoisotopic (exact) mass is 391 g/mol. The van der Waals surface area contributed by atoms with Gasteiger partial charge in [0.25, 0.3) is 5.91 Å². The van der Waals surface area contributed by atoms with Gasteiger partial charge in [-0.3, -0.25) is 4.79 Å². The molecule has 2 aromatic rings. The highest BCUT2D eigenvalue weighted by Gasteiger charge is 2.47. The van der Waals surface area contributed by atoms with E-state index in [9.17, 15) is 9.59 Å². The third-order valence-electron chi connectivity index (χ3n) is 6.06. The molecule has 7 nitrogen and oxygen atoms in total. The number of ether oxygens (including phenoxy) is 2. The molecule has 1 spiro atoms. The fourth-order valence-corrected chi connectivity index (χ4v) is 4.09. The number of nitrogens with zero attached hydrogens (tertiary/aromatic N) is 2. The molecule has 1 saturated heterocycles. The standard InChI is InChI=1S/C22H21N3O4/c1-3-21(2)19(26)25(20(27)24-21)15-6-8-18(23-12-15)29-16-7-5-14-13-28-22(9-4-10-22)17(14)11-16/h3,5-8,11-12H,1,4,9-10,13H2,2H3,(H,24,27). The van der Waals surface area contributed by atoms with Crippen molar-refractivity contribution in [1.82, 2.24) is 10.3 Å². The molecule has 1 atom stereocenters. The van der Waals surface area contributed by atoms with Crippen LogP contribution in [0, 0.1) is 0 Å². The Morgan fingerprint density at radius 1 is 1.28 bits per heavy atom. The lowest BCUT2D eigenvalue weighted by Crippen LogP contribution is -2.41. The van der Waals surface area contributed by atoms with Gasteiger partial charge in [-0.1, -0.05) is 12.1 Å². The molecule has 3 amide bonds. The molecule has 148 valence electrons. The van der Waals surface area contributed by atoms with Gasteiger partial charge in [-0.25, -0.2) is 14.7 Å². The first-order valence-electron chi connectivity index (χ1n) is 9.66. The lowest BCUT2D eigenvalue weighted by atomic mass is 9.75. The van der Waals surface area contributed by atoms with Gasteiger partial charge in [0.2, 0.25) is 5.88 Å². The van der Waals surface area contributed by atoms with Crippen LogP contribution >= 0.6 is 0 Å². The van der Waals surface area contributed by atoms with Crippen LogP contribution in [0.25, 0.3) is 0 Å². The molecule has 1 saturated carbocycles. The third kappa shape index (κ3) is 2.65. The van der Waals surface area contributed by atoms with E-state index < -0.39 is 17.5 Å². The Labute approximate surface area is 168 Å². The number of amides is 3. The molecule has 1 aromatic carbocycles. The van der Waals surface area contributed by atoms with Crippen molar-refractivity contribution in [2.24, 2.45) is 0 Å². The molecule has 3 aliphatic rings. The molecule has 29 heavy (non-hydrogen) atoms. The van der Waals surface area contributed by atoms with Crippen molar-refractivity contribution in [1.29, 1.82) is 0 Å². The van der Waals surface area contributed by atoms with E-state index in [4.69, 9.17) is 9.47 Å². The molecule has 2 fully saturated rings. The van der Waals surface area contributed by atoms with E-state index >= 15 is 0 Å². The summed E-state index contributed by atoms with van der Waals surface area (Å²) in [5.74, 6) is 0.682. The summed E-state index contributed by atoms with van der Waals surface area (Å²) in [5, 5.41) is 2.62. The van der Waals surface area contributed by atoms with E-state index in [-0.39, 0.29) is 5.60 Å². The number of carbonyl (C=O) groups excluding carboxylic acids is 2. The highest BCUT2D eigenvalue weighted by Crippen LogP contribution is 2.51. The zero-order valence-corrected chi connectivity index (χ0v) is 16.1. The Kier molecular flexibility index (Phi) is 3.79. The minimum Gasteiger partial charge on any atom is -0.439 e. The normalized spacial score (nSPS) is 24.2. The fraction of sp³-hybridized carbons (Fsp3) is 0.318. The molecule has 7 heteroatoms. The van der Waals surface area contributed by atoms with Gasteiger partial charge in [0.1, 0.15) is 11.3 Å². The number of hydrogen-bond donors (Lipinski definition) is 1. The number of anilines is 1. The highest BCUT2D eigenvalue weighted by atomic mass is 16.5. The second-order valence-corrected chi connectivity index (χ2v) is 7.89. The Balaban J connectivity index is 1.36. The summed E-state index contributed by atoms with van der Waals surface area (Å²) in [6.45, 7) is 5.89. The molecule has 2 aliphatic heterocycles. The first-order valence-corrected chi connectivity index (χ1v) is 9.66. The number of benzene rings is 1. The average Bonchev–Trinajstić information content (AvgIpc) is 3.18. The van der Waals surface area contributed by atoms with Gasteiger partial charge in [-0.2, -0.15) is 0 Å². The topological polar surface area (TPSA) is 80.8 Å². The second-order valence-electron chi connectivity index (χ2n) is 7.89. The van der Waals surface area contributed by atoms with Crippen molar-refractivity contribution >= 4 is 17.6 Å². The van der Waals surface area contributed by atoms with Crippen LogP contribution in [-0.4, -0.2) is 22.5 Å². The summed E-state index contributed by atoms with van der Waals surface area (Å²) < 4.78 is 11.9. The van der Waals surface area contributed by atoms with E-state index in [1.54, 1.807) is 19.1 Å². The van der Waals surface area contributed by atoms with Crippen molar-refractivity contribution in [2.75, 3.05) is 4.90 Å². The van der Waals surface area contributed by atoms with Crippen molar-refractivity contribution in [2.45, 2.75) is 43.9 Å². The molecule has 0 bridgehead atoms. The summed E-state index contributed by atoms with van der Waals surface area (Å²) in [6.07, 6.45) is 6.15. The van der Waals surface area contributed by atoms with Crippen LogP contribution < -0.4 is 15.0 Å². The zero-order valence-electron chi connectivity index (χ0n) is 16.1. The number of imide groups is 1. The van der Waals surface area contributed by atoms with Crippen molar-refractivity contribution in [3.05, 3.63) is 60.3 Å². The van der Waals surface area contributed by atoms with E-state index in [1.807, 2.05) is 18.2 Å². The summed E-state index contributed by atoms with van der Waals surface area (Å²) in [4.78, 5) is 30.1. The van der Waals surface area contributed by atoms with Gasteiger partial charge in [0.15, 0.2) is 0 Å². The Morgan fingerprint density at radius 3 is 2.72 bits per heavy atom. The molecule has 1 unspecified atom stereocenters.